The number of hydrogen-bond donors (Lipinski definition) is 1. The van der Waals surface area contributed by atoms with Gasteiger partial charge >= 0.3 is 0 Å². The van der Waals surface area contributed by atoms with Crippen LogP contribution < -0.4 is 5.73 Å². The number of anilines is 1. The predicted molar refractivity (Wildman–Crippen MR) is 71.5 cm³/mol. The van der Waals surface area contributed by atoms with Crippen molar-refractivity contribution in [3.63, 3.8) is 0 Å². The van der Waals surface area contributed by atoms with Crippen molar-refractivity contribution in [2.75, 3.05) is 23.5 Å². The Morgan fingerprint density at radius 1 is 1.38 bits per heavy atom. The van der Waals surface area contributed by atoms with Crippen LogP contribution >= 0.6 is 11.8 Å². The molecule has 0 spiro atoms. The van der Waals surface area contributed by atoms with Crippen molar-refractivity contribution in [2.24, 2.45) is 0 Å². The molecule has 0 atom stereocenters. The minimum absolute atomic E-state index is 0.235. The lowest BCUT2D eigenvalue weighted by molar-refractivity contribution is 0.603. The van der Waals surface area contributed by atoms with Crippen molar-refractivity contribution in [2.45, 2.75) is 12.7 Å². The number of nitrogens with two attached hydrogens (primary N) is 1. The normalized spacial score (nSPS) is 11.6. The second kappa shape index (κ2) is 5.59. The molecule has 1 aromatic carbocycles. The van der Waals surface area contributed by atoms with Crippen LogP contribution in [0.25, 0.3) is 0 Å². The van der Waals surface area contributed by atoms with E-state index >= 15 is 0 Å². The Balaban J connectivity index is 2.47. The fourth-order valence-electron chi connectivity index (χ4n) is 1.25. The highest BCUT2D eigenvalue weighted by atomic mass is 32.2. The number of rotatable bonds is 5. The maximum absolute atomic E-state index is 10.9. The first-order valence-electron chi connectivity index (χ1n) is 4.99. The average molecular weight is 259 g/mol. The van der Waals surface area contributed by atoms with E-state index in [1.54, 1.807) is 11.8 Å². The smallest absolute Gasteiger partial charge is 0.148 e. The first-order valence-corrected chi connectivity index (χ1v) is 8.21. The fraction of sp³-hybridized carbons (Fsp3) is 0.455. The highest BCUT2D eigenvalue weighted by molar-refractivity contribution is 7.99. The minimum atomic E-state index is -2.84. The van der Waals surface area contributed by atoms with Crippen LogP contribution in [0.1, 0.15) is 11.1 Å². The van der Waals surface area contributed by atoms with E-state index in [1.165, 1.54) is 11.8 Å². The van der Waals surface area contributed by atoms with Gasteiger partial charge in [-0.05, 0) is 24.1 Å². The molecule has 2 N–H and O–H groups in total. The van der Waals surface area contributed by atoms with Gasteiger partial charge in [0, 0.05) is 23.4 Å². The Morgan fingerprint density at radius 3 is 2.69 bits per heavy atom. The molecule has 0 bridgehead atoms. The molecule has 1 aromatic rings. The zero-order valence-electron chi connectivity index (χ0n) is 9.56. The molecule has 0 aliphatic carbocycles. The first kappa shape index (κ1) is 13.4. The summed E-state index contributed by atoms with van der Waals surface area (Å²) in [5.41, 5.74) is 8.85. The quantitative estimate of drug-likeness (QED) is 0.647. The van der Waals surface area contributed by atoms with Crippen molar-refractivity contribution in [3.05, 3.63) is 29.3 Å². The second-order valence-electron chi connectivity index (χ2n) is 3.81. The monoisotopic (exact) mass is 259 g/mol. The van der Waals surface area contributed by atoms with Crippen LogP contribution in [0.2, 0.25) is 0 Å². The molecular formula is C11H17NO2S2. The van der Waals surface area contributed by atoms with Crippen molar-refractivity contribution >= 4 is 27.3 Å². The third kappa shape index (κ3) is 4.45. The lowest BCUT2D eigenvalue weighted by Crippen LogP contribution is -2.05. The highest BCUT2D eigenvalue weighted by Gasteiger charge is 2.04. The Bertz CT molecular complexity index is 455. The molecule has 0 heterocycles. The molecule has 0 aliphatic rings. The summed E-state index contributed by atoms with van der Waals surface area (Å²) in [6.07, 6.45) is 1.26. The van der Waals surface area contributed by atoms with E-state index in [0.29, 0.717) is 5.75 Å². The number of hydrogen-bond acceptors (Lipinski definition) is 4. The number of sulfone groups is 1. The molecule has 0 fully saturated rings. The SMILES string of the molecule is Cc1c(N)cccc1CSCCS(C)(=O)=O. The summed E-state index contributed by atoms with van der Waals surface area (Å²) in [5, 5.41) is 0. The van der Waals surface area contributed by atoms with E-state index in [4.69, 9.17) is 5.73 Å². The van der Waals surface area contributed by atoms with Gasteiger partial charge in [-0.25, -0.2) is 8.42 Å². The summed E-state index contributed by atoms with van der Waals surface area (Å²) in [6, 6.07) is 5.83. The molecule has 0 aromatic heterocycles. The number of thioether (sulfide) groups is 1. The van der Waals surface area contributed by atoms with Gasteiger partial charge in [0.25, 0.3) is 0 Å². The van der Waals surface area contributed by atoms with Gasteiger partial charge in [-0.2, -0.15) is 11.8 Å². The molecule has 0 saturated heterocycles. The van der Waals surface area contributed by atoms with Gasteiger partial charge in [0.15, 0.2) is 0 Å². The zero-order chi connectivity index (χ0) is 12.2. The third-order valence-electron chi connectivity index (χ3n) is 2.34. The summed E-state index contributed by atoms with van der Waals surface area (Å²) in [7, 11) is -2.84. The lowest BCUT2D eigenvalue weighted by atomic mass is 10.1. The third-order valence-corrected chi connectivity index (χ3v) is 4.56. The first-order chi connectivity index (χ1) is 7.40. The summed E-state index contributed by atoms with van der Waals surface area (Å²) < 4.78 is 21.9. The Hall–Kier alpha value is -0.680. The summed E-state index contributed by atoms with van der Waals surface area (Å²) in [5.74, 6) is 1.68. The van der Waals surface area contributed by atoms with Crippen molar-refractivity contribution < 1.29 is 8.42 Å². The highest BCUT2D eigenvalue weighted by Crippen LogP contribution is 2.20. The van der Waals surface area contributed by atoms with Crippen molar-refractivity contribution in [1.82, 2.24) is 0 Å². The molecule has 0 unspecified atom stereocenters. The van der Waals surface area contributed by atoms with Crippen molar-refractivity contribution in [3.8, 4) is 0 Å². The molecule has 90 valence electrons. The molecule has 5 heteroatoms. The summed E-state index contributed by atoms with van der Waals surface area (Å²) >= 11 is 1.62. The summed E-state index contributed by atoms with van der Waals surface area (Å²) in [6.45, 7) is 1.99. The minimum Gasteiger partial charge on any atom is -0.399 e. The molecule has 3 nitrogen and oxygen atoms in total. The largest absolute Gasteiger partial charge is 0.399 e. The summed E-state index contributed by atoms with van der Waals surface area (Å²) in [4.78, 5) is 0. The van der Waals surface area contributed by atoms with Gasteiger partial charge in [-0.3, -0.25) is 0 Å². The van der Waals surface area contributed by atoms with E-state index in [9.17, 15) is 8.42 Å². The predicted octanol–water partition coefficient (Wildman–Crippen LogP) is 1.86. The number of nitrogen functional groups attached to an aromatic ring is 1. The van der Waals surface area contributed by atoms with Gasteiger partial charge in [-0.15, -0.1) is 0 Å². The standard InChI is InChI=1S/C11H17NO2S2/c1-9-10(4-3-5-11(9)12)8-15-6-7-16(2,13)14/h3-5H,6-8,12H2,1-2H3. The zero-order valence-corrected chi connectivity index (χ0v) is 11.2. The van der Waals surface area contributed by atoms with Gasteiger partial charge in [-0.1, -0.05) is 12.1 Å². The van der Waals surface area contributed by atoms with E-state index in [0.717, 1.165) is 17.0 Å². The number of benzene rings is 1. The van der Waals surface area contributed by atoms with Crippen LogP contribution in [-0.2, 0) is 15.6 Å². The van der Waals surface area contributed by atoms with Crippen LogP contribution in [0.15, 0.2) is 18.2 Å². The van der Waals surface area contributed by atoms with Gasteiger partial charge in [0.1, 0.15) is 9.84 Å². The second-order valence-corrected chi connectivity index (χ2v) is 7.18. The Morgan fingerprint density at radius 2 is 2.06 bits per heavy atom. The molecule has 0 radical (unpaired) electrons. The molecule has 0 saturated carbocycles. The van der Waals surface area contributed by atoms with Gasteiger partial charge in [0.2, 0.25) is 0 Å². The molecule has 0 aliphatic heterocycles. The van der Waals surface area contributed by atoms with Crippen LogP contribution in [-0.4, -0.2) is 26.2 Å². The van der Waals surface area contributed by atoms with E-state index < -0.39 is 9.84 Å². The molecule has 16 heavy (non-hydrogen) atoms. The maximum Gasteiger partial charge on any atom is 0.148 e. The lowest BCUT2D eigenvalue weighted by Gasteiger charge is -2.07. The van der Waals surface area contributed by atoms with Crippen LogP contribution in [0.4, 0.5) is 5.69 Å². The Kier molecular flexibility index (Phi) is 4.68. The van der Waals surface area contributed by atoms with Crippen LogP contribution in [0.3, 0.4) is 0 Å². The van der Waals surface area contributed by atoms with E-state index in [2.05, 4.69) is 0 Å². The van der Waals surface area contributed by atoms with Crippen LogP contribution in [0.5, 0.6) is 0 Å². The molecular weight excluding hydrogens is 242 g/mol. The molecule has 1 rings (SSSR count). The van der Waals surface area contributed by atoms with Crippen LogP contribution in [0, 0.1) is 6.92 Å². The van der Waals surface area contributed by atoms with Crippen molar-refractivity contribution in [1.29, 1.82) is 0 Å². The maximum atomic E-state index is 10.9. The van der Waals surface area contributed by atoms with E-state index in [1.807, 2.05) is 25.1 Å². The molecule has 0 amide bonds. The van der Waals surface area contributed by atoms with E-state index in [-0.39, 0.29) is 5.75 Å². The fourth-order valence-corrected chi connectivity index (χ4v) is 3.61. The average Bonchev–Trinajstić information content (AvgIpc) is 2.17. The van der Waals surface area contributed by atoms with Gasteiger partial charge < -0.3 is 5.73 Å². The topological polar surface area (TPSA) is 60.2 Å². The van der Waals surface area contributed by atoms with Gasteiger partial charge in [0.05, 0.1) is 5.75 Å². The Labute approximate surface area is 101 Å².